The van der Waals surface area contributed by atoms with E-state index in [9.17, 15) is 24.5 Å². The molecule has 2 aromatic rings. The number of amides is 2. The van der Waals surface area contributed by atoms with Gasteiger partial charge in [0.2, 0.25) is 5.91 Å². The first-order chi connectivity index (χ1) is 13.7. The Bertz CT molecular complexity index is 959. The third-order valence-corrected chi connectivity index (χ3v) is 3.73. The monoisotopic (exact) mass is 401 g/mol. The Morgan fingerprint density at radius 2 is 1.83 bits per heavy atom. The Kier molecular flexibility index (Phi) is 6.85. The van der Waals surface area contributed by atoms with Gasteiger partial charge in [-0.2, -0.15) is 0 Å². The van der Waals surface area contributed by atoms with Crippen LogP contribution >= 0.6 is 0 Å². The van der Waals surface area contributed by atoms with Crippen molar-refractivity contribution in [1.82, 2.24) is 0 Å². The Hall–Kier alpha value is -3.95. The van der Waals surface area contributed by atoms with Crippen molar-refractivity contribution in [1.29, 1.82) is 0 Å². The van der Waals surface area contributed by atoms with Crippen molar-refractivity contribution >= 4 is 34.8 Å². The van der Waals surface area contributed by atoms with E-state index in [0.717, 1.165) is 0 Å². The number of nitrogens with one attached hydrogen (secondary N) is 2. The highest BCUT2D eigenvalue weighted by Crippen LogP contribution is 2.29. The van der Waals surface area contributed by atoms with Gasteiger partial charge in [0.05, 0.1) is 29.4 Å². The van der Waals surface area contributed by atoms with Crippen LogP contribution in [0.2, 0.25) is 0 Å². The van der Waals surface area contributed by atoms with Crippen LogP contribution in [-0.4, -0.2) is 35.9 Å². The highest BCUT2D eigenvalue weighted by atomic mass is 16.6. The molecule has 0 aliphatic rings. The van der Waals surface area contributed by atoms with E-state index in [-0.39, 0.29) is 28.6 Å². The van der Waals surface area contributed by atoms with Crippen LogP contribution in [0.5, 0.6) is 5.75 Å². The molecule has 0 aliphatic carbocycles. The van der Waals surface area contributed by atoms with E-state index in [1.165, 1.54) is 51.3 Å². The van der Waals surface area contributed by atoms with E-state index in [0.29, 0.717) is 5.69 Å². The largest absolute Gasteiger partial charge is 0.494 e. The van der Waals surface area contributed by atoms with Crippen LogP contribution in [0.15, 0.2) is 42.5 Å². The molecule has 0 bridgehead atoms. The number of esters is 1. The predicted molar refractivity (Wildman–Crippen MR) is 104 cm³/mol. The Morgan fingerprint density at radius 3 is 2.45 bits per heavy atom. The Labute approximate surface area is 166 Å². The van der Waals surface area contributed by atoms with Crippen molar-refractivity contribution in [3.63, 3.8) is 0 Å². The van der Waals surface area contributed by atoms with Gasteiger partial charge in [-0.15, -0.1) is 0 Å². The molecule has 0 saturated carbocycles. The molecule has 29 heavy (non-hydrogen) atoms. The average molecular weight is 401 g/mol. The lowest BCUT2D eigenvalue weighted by Gasteiger charge is -2.15. The lowest BCUT2D eigenvalue weighted by atomic mass is 10.2. The molecule has 1 atom stereocenters. The van der Waals surface area contributed by atoms with E-state index in [2.05, 4.69) is 10.6 Å². The van der Waals surface area contributed by atoms with Crippen LogP contribution in [-0.2, 0) is 14.3 Å². The minimum absolute atomic E-state index is 0.0917. The molecule has 0 spiro atoms. The number of carbonyl (C=O) groups excluding carboxylic acids is 3. The van der Waals surface area contributed by atoms with Gasteiger partial charge in [-0.25, -0.2) is 4.79 Å². The van der Waals surface area contributed by atoms with Crippen LogP contribution in [0, 0.1) is 10.1 Å². The SMILES string of the molecule is COc1cc([N+](=O)[O-])ccc1NC(=O)[C@H](C)OC(=O)c1cccc(NC(C)=O)c1. The summed E-state index contributed by atoms with van der Waals surface area (Å²) in [6.07, 6.45) is -1.16. The first-order valence-corrected chi connectivity index (χ1v) is 8.43. The summed E-state index contributed by atoms with van der Waals surface area (Å²) in [6, 6.07) is 9.78. The highest BCUT2D eigenvalue weighted by molar-refractivity contribution is 5.99. The molecule has 2 amide bonds. The number of hydrogen-bond donors (Lipinski definition) is 2. The summed E-state index contributed by atoms with van der Waals surface area (Å²) in [6.45, 7) is 2.71. The van der Waals surface area contributed by atoms with Crippen LogP contribution in [0.4, 0.5) is 17.1 Å². The van der Waals surface area contributed by atoms with Gasteiger partial charge in [-0.1, -0.05) is 6.07 Å². The highest BCUT2D eigenvalue weighted by Gasteiger charge is 2.21. The normalized spacial score (nSPS) is 11.1. The predicted octanol–water partition coefficient (Wildman–Crippen LogP) is 2.75. The van der Waals surface area contributed by atoms with Crippen molar-refractivity contribution in [3.8, 4) is 5.75 Å². The van der Waals surface area contributed by atoms with Crippen molar-refractivity contribution in [2.75, 3.05) is 17.7 Å². The van der Waals surface area contributed by atoms with Crippen molar-refractivity contribution in [2.45, 2.75) is 20.0 Å². The van der Waals surface area contributed by atoms with Gasteiger partial charge in [0.1, 0.15) is 5.75 Å². The van der Waals surface area contributed by atoms with Crippen LogP contribution < -0.4 is 15.4 Å². The maximum absolute atomic E-state index is 12.3. The van der Waals surface area contributed by atoms with Gasteiger partial charge in [0, 0.05) is 18.7 Å². The second-order valence-corrected chi connectivity index (χ2v) is 5.94. The zero-order valence-corrected chi connectivity index (χ0v) is 15.9. The fourth-order valence-electron chi connectivity index (χ4n) is 2.34. The third kappa shape index (κ3) is 5.76. The zero-order valence-electron chi connectivity index (χ0n) is 15.9. The lowest BCUT2D eigenvalue weighted by molar-refractivity contribution is -0.384. The number of methoxy groups -OCH3 is 1. The number of nitrogens with zero attached hydrogens (tertiary/aromatic N) is 1. The minimum atomic E-state index is -1.16. The number of nitro benzene ring substituents is 1. The first kappa shape index (κ1) is 21.4. The molecule has 2 aromatic carbocycles. The van der Waals surface area contributed by atoms with Gasteiger partial charge in [0.25, 0.3) is 11.6 Å². The van der Waals surface area contributed by atoms with E-state index >= 15 is 0 Å². The number of carbonyl (C=O) groups is 3. The summed E-state index contributed by atoms with van der Waals surface area (Å²) < 4.78 is 10.2. The summed E-state index contributed by atoms with van der Waals surface area (Å²) in [5, 5.41) is 15.9. The summed E-state index contributed by atoms with van der Waals surface area (Å²) in [4.78, 5) is 46.0. The molecule has 10 heteroatoms. The molecule has 0 aliphatic heterocycles. The molecule has 0 fully saturated rings. The fraction of sp³-hybridized carbons (Fsp3) is 0.211. The minimum Gasteiger partial charge on any atom is -0.494 e. The second-order valence-electron chi connectivity index (χ2n) is 5.94. The molecular formula is C19H19N3O7. The van der Waals surface area contributed by atoms with Crippen molar-refractivity contribution in [3.05, 3.63) is 58.1 Å². The second kappa shape index (κ2) is 9.31. The standard InChI is InChI=1S/C19H19N3O7/c1-11(29-19(25)13-5-4-6-14(9-13)20-12(2)23)18(24)21-16-8-7-15(22(26)27)10-17(16)28-3/h4-11H,1-3H3,(H,20,23)(H,21,24)/t11-/m0/s1. The van der Waals surface area contributed by atoms with Gasteiger partial charge in [-0.3, -0.25) is 19.7 Å². The fourth-order valence-corrected chi connectivity index (χ4v) is 2.34. The summed E-state index contributed by atoms with van der Waals surface area (Å²) in [7, 11) is 1.31. The van der Waals surface area contributed by atoms with E-state index < -0.39 is 22.9 Å². The van der Waals surface area contributed by atoms with Crippen LogP contribution in [0.3, 0.4) is 0 Å². The maximum Gasteiger partial charge on any atom is 0.338 e. The molecule has 0 unspecified atom stereocenters. The smallest absolute Gasteiger partial charge is 0.338 e. The number of nitro groups is 1. The summed E-state index contributed by atoms with van der Waals surface area (Å²) in [5.41, 5.74) is 0.570. The molecule has 10 nitrogen and oxygen atoms in total. The van der Waals surface area contributed by atoms with Crippen molar-refractivity contribution < 1.29 is 28.8 Å². The summed E-state index contributed by atoms with van der Waals surface area (Å²) in [5.74, 6) is -1.60. The Balaban J connectivity index is 2.06. The van der Waals surface area contributed by atoms with Gasteiger partial charge < -0.3 is 20.1 Å². The maximum atomic E-state index is 12.3. The number of hydrogen-bond acceptors (Lipinski definition) is 7. The number of non-ortho nitro benzene ring substituents is 1. The average Bonchev–Trinajstić information content (AvgIpc) is 2.67. The molecule has 0 heterocycles. The number of rotatable bonds is 7. The Morgan fingerprint density at radius 1 is 1.10 bits per heavy atom. The van der Waals surface area contributed by atoms with Crippen molar-refractivity contribution in [2.24, 2.45) is 0 Å². The van der Waals surface area contributed by atoms with Crippen LogP contribution in [0.1, 0.15) is 24.2 Å². The number of benzene rings is 2. The van der Waals surface area contributed by atoms with E-state index in [1.807, 2.05) is 0 Å². The summed E-state index contributed by atoms with van der Waals surface area (Å²) >= 11 is 0. The van der Waals surface area contributed by atoms with Gasteiger partial charge in [0.15, 0.2) is 6.10 Å². The lowest BCUT2D eigenvalue weighted by Crippen LogP contribution is -2.30. The van der Waals surface area contributed by atoms with E-state index in [1.54, 1.807) is 12.1 Å². The molecule has 2 N–H and O–H groups in total. The van der Waals surface area contributed by atoms with E-state index in [4.69, 9.17) is 9.47 Å². The van der Waals surface area contributed by atoms with Gasteiger partial charge in [-0.05, 0) is 31.2 Å². The molecule has 152 valence electrons. The quantitative estimate of drug-likeness (QED) is 0.413. The van der Waals surface area contributed by atoms with Crippen LogP contribution in [0.25, 0.3) is 0 Å². The molecule has 0 aromatic heterocycles. The zero-order chi connectivity index (χ0) is 21.6. The number of anilines is 2. The molecular weight excluding hydrogens is 382 g/mol. The number of ether oxygens (including phenoxy) is 2. The molecule has 2 rings (SSSR count). The third-order valence-electron chi connectivity index (χ3n) is 3.73. The molecule has 0 radical (unpaired) electrons. The molecule has 0 saturated heterocycles. The first-order valence-electron chi connectivity index (χ1n) is 8.43. The topological polar surface area (TPSA) is 137 Å². The van der Waals surface area contributed by atoms with Gasteiger partial charge >= 0.3 is 5.97 Å².